The molecule has 1 heterocycles. The van der Waals surface area contributed by atoms with E-state index in [2.05, 4.69) is 4.72 Å². The molecule has 0 radical (unpaired) electrons. The van der Waals surface area contributed by atoms with E-state index in [1.807, 2.05) is 19.9 Å². The van der Waals surface area contributed by atoms with Crippen molar-refractivity contribution in [3.05, 3.63) is 59.2 Å². The molecule has 1 unspecified atom stereocenters. The molecule has 0 aliphatic carbocycles. The monoisotopic (exact) mass is 417 g/mol. The molecule has 0 spiro atoms. The molecule has 3 N–H and O–H groups in total. The molecule has 2 aromatic rings. The molecule has 29 heavy (non-hydrogen) atoms. The van der Waals surface area contributed by atoms with Gasteiger partial charge in [0.05, 0.1) is 23.7 Å². The summed E-state index contributed by atoms with van der Waals surface area (Å²) in [6.45, 7) is 4.36. The minimum atomic E-state index is -3.80. The fourth-order valence-corrected chi connectivity index (χ4v) is 4.15. The second kappa shape index (κ2) is 8.22. The molecule has 0 aromatic heterocycles. The van der Waals surface area contributed by atoms with E-state index in [4.69, 9.17) is 10.5 Å². The summed E-state index contributed by atoms with van der Waals surface area (Å²) in [6, 6.07) is 11.1. The molecule has 1 atom stereocenters. The Labute approximate surface area is 169 Å². The van der Waals surface area contributed by atoms with Crippen molar-refractivity contribution in [2.75, 3.05) is 24.4 Å². The second-order valence-electron chi connectivity index (χ2n) is 6.89. The molecule has 1 saturated heterocycles. The molecule has 0 saturated carbocycles. The van der Waals surface area contributed by atoms with Crippen LogP contribution < -0.4 is 10.5 Å². The van der Waals surface area contributed by atoms with Crippen molar-refractivity contribution in [2.24, 2.45) is 5.73 Å². The van der Waals surface area contributed by atoms with Gasteiger partial charge in [-0.05, 0) is 55.3 Å². The molecular weight excluding hydrogens is 394 g/mol. The topological polar surface area (TPSA) is 119 Å². The van der Waals surface area contributed by atoms with Crippen LogP contribution in [0.5, 0.6) is 0 Å². The Morgan fingerprint density at radius 2 is 1.83 bits per heavy atom. The predicted molar refractivity (Wildman–Crippen MR) is 108 cm³/mol. The largest absolute Gasteiger partial charge is 0.367 e. The van der Waals surface area contributed by atoms with E-state index in [1.54, 1.807) is 12.1 Å². The first kappa shape index (κ1) is 20.8. The van der Waals surface area contributed by atoms with E-state index in [-0.39, 0.29) is 24.0 Å². The number of benzene rings is 2. The van der Waals surface area contributed by atoms with Crippen molar-refractivity contribution in [3.63, 3.8) is 0 Å². The molecule has 1 fully saturated rings. The summed E-state index contributed by atoms with van der Waals surface area (Å²) in [7, 11) is -3.80. The van der Waals surface area contributed by atoms with Gasteiger partial charge in [-0.3, -0.25) is 14.3 Å². The van der Waals surface area contributed by atoms with E-state index in [0.29, 0.717) is 17.8 Å². The summed E-state index contributed by atoms with van der Waals surface area (Å²) < 4.78 is 33.2. The van der Waals surface area contributed by atoms with Crippen LogP contribution in [-0.4, -0.2) is 50.9 Å². The van der Waals surface area contributed by atoms with Gasteiger partial charge in [0.15, 0.2) is 6.10 Å². The predicted octanol–water partition coefficient (Wildman–Crippen LogP) is 1.43. The summed E-state index contributed by atoms with van der Waals surface area (Å²) >= 11 is 0. The maximum atomic E-state index is 12.7. The number of nitrogens with two attached hydrogens (primary N) is 1. The molecule has 9 heteroatoms. The number of carbonyl (C=O) groups excluding carboxylic acids is 2. The number of primary amides is 1. The van der Waals surface area contributed by atoms with Gasteiger partial charge in [-0.15, -0.1) is 0 Å². The lowest BCUT2D eigenvalue weighted by molar-refractivity contribution is -0.133. The number of rotatable bonds is 5. The Kier molecular flexibility index (Phi) is 5.90. The summed E-state index contributed by atoms with van der Waals surface area (Å²) in [5.74, 6) is -0.938. The number of hydrogen-bond donors (Lipinski definition) is 2. The van der Waals surface area contributed by atoms with Crippen molar-refractivity contribution in [1.82, 2.24) is 4.90 Å². The third-order valence-electron chi connectivity index (χ3n) is 4.93. The summed E-state index contributed by atoms with van der Waals surface area (Å²) in [4.78, 5) is 25.5. The molecule has 1 aliphatic heterocycles. The highest BCUT2D eigenvalue weighted by atomic mass is 32.2. The SMILES string of the molecule is Cc1cccc(NS(=O)(=O)c2ccc(C(=O)N3CCOC(C(N)=O)C3)cc2)c1C. The maximum absolute atomic E-state index is 12.7. The first-order valence-electron chi connectivity index (χ1n) is 9.08. The van der Waals surface area contributed by atoms with Gasteiger partial charge in [-0.25, -0.2) is 8.42 Å². The highest BCUT2D eigenvalue weighted by molar-refractivity contribution is 7.92. The van der Waals surface area contributed by atoms with Gasteiger partial charge in [0.2, 0.25) is 5.91 Å². The third-order valence-corrected chi connectivity index (χ3v) is 6.31. The van der Waals surface area contributed by atoms with Gasteiger partial charge in [0.1, 0.15) is 0 Å². The standard InChI is InChI=1S/C20H23N3O5S/c1-13-4-3-5-17(14(13)2)22-29(26,27)16-8-6-15(7-9-16)20(25)23-10-11-28-18(12-23)19(21)24/h3-9,18,22H,10-12H2,1-2H3,(H2,21,24). The quantitative estimate of drug-likeness (QED) is 0.763. The van der Waals surface area contributed by atoms with Crippen molar-refractivity contribution < 1.29 is 22.7 Å². The first-order valence-corrected chi connectivity index (χ1v) is 10.6. The zero-order chi connectivity index (χ0) is 21.2. The van der Waals surface area contributed by atoms with Gasteiger partial charge in [-0.1, -0.05) is 12.1 Å². The number of sulfonamides is 1. The van der Waals surface area contributed by atoms with Gasteiger partial charge in [0.25, 0.3) is 15.9 Å². The average molecular weight is 417 g/mol. The summed E-state index contributed by atoms with van der Waals surface area (Å²) in [6.07, 6.45) is -0.839. The zero-order valence-electron chi connectivity index (χ0n) is 16.2. The van der Waals surface area contributed by atoms with Crippen LogP contribution in [0.1, 0.15) is 21.5 Å². The lowest BCUT2D eigenvalue weighted by atomic mass is 10.1. The first-order chi connectivity index (χ1) is 13.7. The fraction of sp³-hybridized carbons (Fsp3) is 0.300. The Hall–Kier alpha value is -2.91. The van der Waals surface area contributed by atoms with E-state index in [0.717, 1.165) is 11.1 Å². The van der Waals surface area contributed by atoms with Crippen LogP contribution in [-0.2, 0) is 19.6 Å². The second-order valence-corrected chi connectivity index (χ2v) is 8.57. The van der Waals surface area contributed by atoms with Crippen LogP contribution in [0.25, 0.3) is 0 Å². The van der Waals surface area contributed by atoms with E-state index >= 15 is 0 Å². The smallest absolute Gasteiger partial charge is 0.261 e. The Bertz CT molecular complexity index is 1030. The van der Waals surface area contributed by atoms with Gasteiger partial charge >= 0.3 is 0 Å². The Balaban J connectivity index is 1.76. The summed E-state index contributed by atoms with van der Waals surface area (Å²) in [5, 5.41) is 0. The van der Waals surface area contributed by atoms with Crippen LogP contribution in [0.15, 0.2) is 47.4 Å². The lowest BCUT2D eigenvalue weighted by Crippen LogP contribution is -2.50. The number of nitrogens with one attached hydrogen (secondary N) is 1. The number of nitrogens with zero attached hydrogens (tertiary/aromatic N) is 1. The van der Waals surface area contributed by atoms with Gasteiger partial charge in [0, 0.05) is 12.1 Å². The molecular formula is C20H23N3O5S. The fourth-order valence-electron chi connectivity index (χ4n) is 3.03. The molecule has 2 amide bonds. The number of ether oxygens (including phenoxy) is 1. The molecule has 1 aliphatic rings. The van der Waals surface area contributed by atoms with Crippen molar-refractivity contribution >= 4 is 27.5 Å². The minimum absolute atomic E-state index is 0.0481. The van der Waals surface area contributed by atoms with Crippen LogP contribution in [0, 0.1) is 13.8 Å². The molecule has 0 bridgehead atoms. The molecule has 2 aromatic carbocycles. The number of hydrogen-bond acceptors (Lipinski definition) is 5. The Morgan fingerprint density at radius 1 is 1.14 bits per heavy atom. The molecule has 8 nitrogen and oxygen atoms in total. The highest BCUT2D eigenvalue weighted by Crippen LogP contribution is 2.22. The van der Waals surface area contributed by atoms with Crippen LogP contribution in [0.4, 0.5) is 5.69 Å². The van der Waals surface area contributed by atoms with Crippen molar-refractivity contribution in [2.45, 2.75) is 24.8 Å². The van der Waals surface area contributed by atoms with Crippen LogP contribution >= 0.6 is 0 Å². The van der Waals surface area contributed by atoms with Crippen molar-refractivity contribution in [1.29, 1.82) is 0 Å². The number of morpholine rings is 1. The normalized spacial score (nSPS) is 17.0. The van der Waals surface area contributed by atoms with E-state index in [1.165, 1.54) is 29.2 Å². The Morgan fingerprint density at radius 3 is 2.48 bits per heavy atom. The van der Waals surface area contributed by atoms with Gasteiger partial charge < -0.3 is 15.4 Å². The number of amides is 2. The van der Waals surface area contributed by atoms with Crippen LogP contribution in [0.3, 0.4) is 0 Å². The lowest BCUT2D eigenvalue weighted by Gasteiger charge is -2.31. The van der Waals surface area contributed by atoms with E-state index < -0.39 is 22.0 Å². The highest BCUT2D eigenvalue weighted by Gasteiger charge is 2.28. The number of aryl methyl sites for hydroxylation is 1. The van der Waals surface area contributed by atoms with Crippen molar-refractivity contribution in [3.8, 4) is 0 Å². The molecule has 3 rings (SSSR count). The third kappa shape index (κ3) is 4.57. The zero-order valence-corrected chi connectivity index (χ0v) is 17.0. The van der Waals surface area contributed by atoms with E-state index in [9.17, 15) is 18.0 Å². The summed E-state index contributed by atoms with van der Waals surface area (Å²) in [5.41, 5.74) is 7.90. The van der Waals surface area contributed by atoms with Crippen LogP contribution in [0.2, 0.25) is 0 Å². The van der Waals surface area contributed by atoms with Gasteiger partial charge in [-0.2, -0.15) is 0 Å². The number of anilines is 1. The maximum Gasteiger partial charge on any atom is 0.261 e. The molecule has 154 valence electrons. The minimum Gasteiger partial charge on any atom is -0.367 e. The number of carbonyl (C=O) groups is 2. The average Bonchev–Trinajstić information content (AvgIpc) is 2.71.